The van der Waals surface area contributed by atoms with E-state index in [9.17, 15) is 9.18 Å². The van der Waals surface area contributed by atoms with E-state index >= 15 is 0 Å². The Balaban J connectivity index is 0.000000924. The van der Waals surface area contributed by atoms with Gasteiger partial charge in [0.05, 0.1) is 11.3 Å². The lowest BCUT2D eigenvalue weighted by Crippen LogP contribution is -2.05. The van der Waals surface area contributed by atoms with Crippen LogP contribution in [0, 0.1) is 25.6 Å². The molecule has 1 aromatic heterocycles. The van der Waals surface area contributed by atoms with Crippen molar-refractivity contribution >= 4 is 12.4 Å². The molecule has 23 heavy (non-hydrogen) atoms. The average Bonchev–Trinajstić information content (AvgIpc) is 3.33. The highest BCUT2D eigenvalue weighted by molar-refractivity contribution is 5.83. The minimum atomic E-state index is -0.453. The fourth-order valence-electron chi connectivity index (χ4n) is 2.61. The standard InChI is InChI=1S/C18H18FNO.C2H6/c1-12-3-4-13(2)20(12)17-10-9-15(8-7-14-5-6-14)16(11-21)18(17)19;1-2/h3-4,7-11,14H,5-6H2,1-2H3;1-2H3/b8-7+;. The second-order valence-electron chi connectivity index (χ2n) is 5.67. The molecule has 2 aromatic rings. The topological polar surface area (TPSA) is 22.0 Å². The van der Waals surface area contributed by atoms with E-state index in [1.807, 2.05) is 56.5 Å². The Kier molecular flexibility index (Phi) is 5.54. The quantitative estimate of drug-likeness (QED) is 0.684. The van der Waals surface area contributed by atoms with Gasteiger partial charge < -0.3 is 4.57 Å². The molecular formula is C20H24FNO. The van der Waals surface area contributed by atoms with Crippen LogP contribution in [-0.4, -0.2) is 10.9 Å². The summed E-state index contributed by atoms with van der Waals surface area (Å²) in [5.74, 6) is 0.145. The summed E-state index contributed by atoms with van der Waals surface area (Å²) in [6, 6.07) is 7.45. The van der Waals surface area contributed by atoms with E-state index in [1.54, 1.807) is 6.07 Å². The van der Waals surface area contributed by atoms with E-state index in [-0.39, 0.29) is 5.56 Å². The van der Waals surface area contributed by atoms with Crippen LogP contribution < -0.4 is 0 Å². The van der Waals surface area contributed by atoms with Crippen molar-refractivity contribution in [3.8, 4) is 5.69 Å². The molecule has 1 heterocycles. The molecule has 0 N–H and O–H groups in total. The number of rotatable bonds is 4. The Hall–Kier alpha value is -2.16. The maximum atomic E-state index is 14.7. The summed E-state index contributed by atoms with van der Waals surface area (Å²) in [5, 5.41) is 0. The fraction of sp³-hybridized carbons (Fsp3) is 0.350. The molecule has 0 spiro atoms. The Morgan fingerprint density at radius 1 is 1.09 bits per heavy atom. The normalized spacial score (nSPS) is 13.8. The van der Waals surface area contributed by atoms with Gasteiger partial charge in [-0.05, 0) is 56.4 Å². The second kappa shape index (κ2) is 7.40. The second-order valence-corrected chi connectivity index (χ2v) is 5.67. The summed E-state index contributed by atoms with van der Waals surface area (Å²) in [7, 11) is 0. The Bertz CT molecular complexity index is 704. The number of hydrogen-bond donors (Lipinski definition) is 0. The molecule has 3 rings (SSSR count). The number of allylic oxidation sites excluding steroid dienone is 1. The third-order valence-electron chi connectivity index (χ3n) is 3.99. The van der Waals surface area contributed by atoms with Crippen LogP contribution in [0.2, 0.25) is 0 Å². The largest absolute Gasteiger partial charge is 0.316 e. The van der Waals surface area contributed by atoms with Crippen molar-refractivity contribution in [2.45, 2.75) is 40.5 Å². The van der Waals surface area contributed by atoms with Crippen LogP contribution in [0.4, 0.5) is 4.39 Å². The van der Waals surface area contributed by atoms with Crippen LogP contribution in [0.1, 0.15) is 54.0 Å². The van der Waals surface area contributed by atoms with Crippen molar-refractivity contribution < 1.29 is 9.18 Å². The van der Waals surface area contributed by atoms with Gasteiger partial charge in [0.2, 0.25) is 0 Å². The molecule has 1 aliphatic carbocycles. The van der Waals surface area contributed by atoms with Crippen molar-refractivity contribution in [3.63, 3.8) is 0 Å². The molecule has 0 atom stereocenters. The lowest BCUT2D eigenvalue weighted by molar-refractivity contribution is 0.111. The van der Waals surface area contributed by atoms with Gasteiger partial charge in [-0.25, -0.2) is 4.39 Å². The number of hydrogen-bond acceptors (Lipinski definition) is 1. The maximum absolute atomic E-state index is 14.7. The van der Waals surface area contributed by atoms with Crippen LogP contribution in [0.3, 0.4) is 0 Å². The van der Waals surface area contributed by atoms with Gasteiger partial charge in [0, 0.05) is 11.4 Å². The molecule has 0 amide bonds. The first-order valence-electron chi connectivity index (χ1n) is 8.23. The highest BCUT2D eigenvalue weighted by Crippen LogP contribution is 2.31. The number of carbonyl (C=O) groups is 1. The van der Waals surface area contributed by atoms with Crippen LogP contribution >= 0.6 is 0 Å². The molecule has 122 valence electrons. The van der Waals surface area contributed by atoms with E-state index in [1.165, 1.54) is 12.8 Å². The van der Waals surface area contributed by atoms with E-state index in [2.05, 4.69) is 6.08 Å². The number of halogens is 1. The summed E-state index contributed by atoms with van der Waals surface area (Å²) in [6.07, 6.45) is 6.92. The lowest BCUT2D eigenvalue weighted by Gasteiger charge is -2.13. The summed E-state index contributed by atoms with van der Waals surface area (Å²) in [4.78, 5) is 11.3. The number of carbonyl (C=O) groups excluding carboxylic acids is 1. The molecule has 1 aliphatic rings. The summed E-state index contributed by atoms with van der Waals surface area (Å²) in [5.41, 5.74) is 3.12. The summed E-state index contributed by atoms with van der Waals surface area (Å²) >= 11 is 0. The van der Waals surface area contributed by atoms with Crippen molar-refractivity contribution in [1.82, 2.24) is 4.57 Å². The first kappa shape index (κ1) is 17.2. The first-order chi connectivity index (χ1) is 11.1. The molecule has 0 aliphatic heterocycles. The molecule has 0 unspecified atom stereocenters. The molecule has 0 radical (unpaired) electrons. The highest BCUT2D eigenvalue weighted by Gasteiger charge is 2.19. The van der Waals surface area contributed by atoms with Crippen molar-refractivity contribution in [1.29, 1.82) is 0 Å². The monoisotopic (exact) mass is 313 g/mol. The van der Waals surface area contributed by atoms with Crippen LogP contribution in [0.5, 0.6) is 0 Å². The number of nitrogens with zero attached hydrogens (tertiary/aromatic N) is 1. The molecule has 3 heteroatoms. The van der Waals surface area contributed by atoms with Gasteiger partial charge in [-0.3, -0.25) is 4.79 Å². The Morgan fingerprint density at radius 2 is 1.70 bits per heavy atom. The number of aromatic nitrogens is 1. The Labute approximate surface area is 137 Å². The van der Waals surface area contributed by atoms with Gasteiger partial charge in [-0.1, -0.05) is 32.1 Å². The minimum Gasteiger partial charge on any atom is -0.316 e. The molecule has 1 saturated carbocycles. The summed E-state index contributed by atoms with van der Waals surface area (Å²) < 4.78 is 16.5. The summed E-state index contributed by atoms with van der Waals surface area (Å²) in [6.45, 7) is 7.85. The zero-order chi connectivity index (χ0) is 17.0. The van der Waals surface area contributed by atoms with E-state index < -0.39 is 5.82 Å². The van der Waals surface area contributed by atoms with Crippen molar-refractivity contribution in [2.75, 3.05) is 0 Å². The number of aldehydes is 1. The van der Waals surface area contributed by atoms with Gasteiger partial charge in [-0.2, -0.15) is 0 Å². The van der Waals surface area contributed by atoms with Gasteiger partial charge in [0.1, 0.15) is 0 Å². The van der Waals surface area contributed by atoms with Crippen molar-refractivity contribution in [3.05, 3.63) is 58.7 Å². The minimum absolute atomic E-state index is 0.136. The molecular weight excluding hydrogens is 289 g/mol. The molecule has 0 bridgehead atoms. The smallest absolute Gasteiger partial charge is 0.158 e. The zero-order valence-electron chi connectivity index (χ0n) is 14.3. The van der Waals surface area contributed by atoms with Gasteiger partial charge in [0.25, 0.3) is 0 Å². The Morgan fingerprint density at radius 3 is 2.22 bits per heavy atom. The molecule has 0 saturated heterocycles. The number of aryl methyl sites for hydroxylation is 2. The molecule has 1 fully saturated rings. The van der Waals surface area contributed by atoms with Gasteiger partial charge in [-0.15, -0.1) is 0 Å². The average molecular weight is 313 g/mol. The first-order valence-corrected chi connectivity index (χ1v) is 8.23. The fourth-order valence-corrected chi connectivity index (χ4v) is 2.61. The van der Waals surface area contributed by atoms with Crippen LogP contribution in [0.25, 0.3) is 11.8 Å². The van der Waals surface area contributed by atoms with E-state index in [4.69, 9.17) is 0 Å². The van der Waals surface area contributed by atoms with E-state index in [0.29, 0.717) is 23.5 Å². The highest BCUT2D eigenvalue weighted by atomic mass is 19.1. The zero-order valence-corrected chi connectivity index (χ0v) is 14.3. The van der Waals surface area contributed by atoms with E-state index in [0.717, 1.165) is 11.4 Å². The van der Waals surface area contributed by atoms with Gasteiger partial charge >= 0.3 is 0 Å². The van der Waals surface area contributed by atoms with Crippen LogP contribution in [-0.2, 0) is 0 Å². The molecule has 2 nitrogen and oxygen atoms in total. The van der Waals surface area contributed by atoms with Crippen LogP contribution in [0.15, 0.2) is 30.3 Å². The lowest BCUT2D eigenvalue weighted by atomic mass is 10.1. The maximum Gasteiger partial charge on any atom is 0.158 e. The van der Waals surface area contributed by atoms with Crippen molar-refractivity contribution in [2.24, 2.45) is 5.92 Å². The third kappa shape index (κ3) is 3.61. The van der Waals surface area contributed by atoms with Gasteiger partial charge in [0.15, 0.2) is 12.1 Å². The predicted octanol–water partition coefficient (Wildman–Crippen LogP) is 5.50. The SMILES string of the molecule is CC.Cc1ccc(C)n1-c1ccc(/C=C/C2CC2)c(C=O)c1F. The molecule has 1 aromatic carbocycles. The predicted molar refractivity (Wildman–Crippen MR) is 93.7 cm³/mol. The third-order valence-corrected chi connectivity index (χ3v) is 3.99. The number of benzene rings is 1.